The first-order valence-corrected chi connectivity index (χ1v) is 12.1. The lowest BCUT2D eigenvalue weighted by Gasteiger charge is -2.37. The van der Waals surface area contributed by atoms with Gasteiger partial charge in [-0.15, -0.1) is 0 Å². The third kappa shape index (κ3) is 5.10. The summed E-state index contributed by atoms with van der Waals surface area (Å²) in [4.78, 5) is 30.0. The average molecular weight is 440 g/mol. The summed E-state index contributed by atoms with van der Waals surface area (Å²) in [5.41, 5.74) is -0.354. The van der Waals surface area contributed by atoms with Crippen LogP contribution in [0.2, 0.25) is 0 Å². The van der Waals surface area contributed by atoms with Gasteiger partial charge in [0.2, 0.25) is 0 Å². The van der Waals surface area contributed by atoms with Gasteiger partial charge in [0.05, 0.1) is 10.3 Å². The van der Waals surface area contributed by atoms with Gasteiger partial charge in [0.15, 0.2) is 9.84 Å². The van der Waals surface area contributed by atoms with Gasteiger partial charge in [0, 0.05) is 38.5 Å². The fourth-order valence-corrected chi connectivity index (χ4v) is 5.10. The predicted octanol–water partition coefficient (Wildman–Crippen LogP) is 1.18. The van der Waals surface area contributed by atoms with Crippen molar-refractivity contribution in [2.24, 2.45) is 5.41 Å². The largest absolute Gasteiger partial charge is 0.483 e. The summed E-state index contributed by atoms with van der Waals surface area (Å²) in [6.07, 6.45) is 7.43. The minimum Gasteiger partial charge on any atom is -0.483 e. The molecule has 10 heteroatoms. The molecule has 0 aliphatic carbocycles. The van der Waals surface area contributed by atoms with Gasteiger partial charge >= 0.3 is 5.97 Å². The molecule has 3 aliphatic heterocycles. The van der Waals surface area contributed by atoms with E-state index >= 15 is 0 Å². The van der Waals surface area contributed by atoms with Crippen molar-refractivity contribution < 1.29 is 27.9 Å². The molecule has 1 N–H and O–H groups in total. The number of carboxylic acid groups (broad SMARTS) is 1. The molecule has 1 spiro atoms. The normalized spacial score (nSPS) is 23.7. The van der Waals surface area contributed by atoms with E-state index in [2.05, 4.69) is 14.8 Å². The number of sulfone groups is 1. The standard InChI is InChI=1S/C19H27N3O4S.CH2O2/c1-27(24,25)16-4-5-17(20-13-16)22-10-6-19(7-11-22)12-15(26-18(19)23)14-21-8-2-3-9-21;2-1-3/h4-5,13,15H,2-3,6-12,14H2,1H3;1H,(H,2,3). The highest BCUT2D eigenvalue weighted by atomic mass is 32.2. The van der Waals surface area contributed by atoms with E-state index in [1.165, 1.54) is 25.3 Å². The molecule has 0 amide bonds. The number of aromatic nitrogens is 1. The zero-order chi connectivity index (χ0) is 21.8. The maximum atomic E-state index is 12.6. The molecule has 0 bridgehead atoms. The average Bonchev–Trinajstić information content (AvgIpc) is 3.31. The van der Waals surface area contributed by atoms with E-state index in [0.717, 1.165) is 57.8 Å². The number of piperidine rings is 1. The summed E-state index contributed by atoms with van der Waals surface area (Å²) in [5.74, 6) is 0.726. The number of cyclic esters (lactones) is 1. The van der Waals surface area contributed by atoms with Crippen molar-refractivity contribution in [1.82, 2.24) is 9.88 Å². The van der Waals surface area contributed by atoms with Gasteiger partial charge in [-0.3, -0.25) is 14.5 Å². The van der Waals surface area contributed by atoms with Crippen LogP contribution in [-0.4, -0.2) is 80.9 Å². The number of anilines is 1. The number of hydrogen-bond acceptors (Lipinski definition) is 8. The molecule has 3 saturated heterocycles. The maximum absolute atomic E-state index is 12.6. The molecular formula is C20H29N3O6S. The minimum atomic E-state index is -3.24. The molecule has 1 aromatic heterocycles. The zero-order valence-corrected chi connectivity index (χ0v) is 18.0. The molecule has 1 unspecified atom stereocenters. The summed E-state index contributed by atoms with van der Waals surface area (Å²) in [5, 5.41) is 6.89. The third-order valence-electron chi connectivity index (χ3n) is 6.18. The number of ether oxygens (including phenoxy) is 1. The minimum absolute atomic E-state index is 0.0225. The Morgan fingerprint density at radius 2 is 1.87 bits per heavy atom. The second-order valence-electron chi connectivity index (χ2n) is 8.24. The molecule has 30 heavy (non-hydrogen) atoms. The Morgan fingerprint density at radius 3 is 2.40 bits per heavy atom. The number of esters is 1. The Balaban J connectivity index is 0.000000806. The molecule has 1 atom stereocenters. The predicted molar refractivity (Wildman–Crippen MR) is 110 cm³/mol. The van der Waals surface area contributed by atoms with Crippen molar-refractivity contribution in [3.63, 3.8) is 0 Å². The second kappa shape index (κ2) is 9.30. The molecule has 0 radical (unpaired) electrons. The van der Waals surface area contributed by atoms with Crippen molar-refractivity contribution in [2.75, 3.05) is 43.9 Å². The van der Waals surface area contributed by atoms with E-state index in [0.29, 0.717) is 0 Å². The third-order valence-corrected chi connectivity index (χ3v) is 7.28. The Bertz CT molecular complexity index is 844. The van der Waals surface area contributed by atoms with Gasteiger partial charge in [-0.2, -0.15) is 0 Å². The van der Waals surface area contributed by atoms with Crippen molar-refractivity contribution in [3.8, 4) is 0 Å². The number of rotatable bonds is 4. The number of likely N-dealkylation sites (tertiary alicyclic amines) is 1. The summed E-state index contributed by atoms with van der Waals surface area (Å²) in [7, 11) is -3.24. The zero-order valence-electron chi connectivity index (χ0n) is 17.2. The van der Waals surface area contributed by atoms with Crippen LogP contribution >= 0.6 is 0 Å². The van der Waals surface area contributed by atoms with Crippen molar-refractivity contribution in [2.45, 2.75) is 43.1 Å². The van der Waals surface area contributed by atoms with Crippen molar-refractivity contribution in [1.29, 1.82) is 0 Å². The topological polar surface area (TPSA) is 117 Å². The van der Waals surface area contributed by atoms with Gasteiger partial charge in [0.1, 0.15) is 11.9 Å². The van der Waals surface area contributed by atoms with E-state index in [4.69, 9.17) is 14.6 Å². The van der Waals surface area contributed by atoms with Gasteiger partial charge in [-0.25, -0.2) is 13.4 Å². The summed E-state index contributed by atoms with van der Waals surface area (Å²) in [6, 6.07) is 3.34. The summed E-state index contributed by atoms with van der Waals surface area (Å²) < 4.78 is 28.9. The fraction of sp³-hybridized carbons (Fsp3) is 0.650. The van der Waals surface area contributed by atoms with Crippen LogP contribution in [0.15, 0.2) is 23.2 Å². The van der Waals surface area contributed by atoms with Crippen LogP contribution < -0.4 is 4.90 Å². The van der Waals surface area contributed by atoms with E-state index in [1.54, 1.807) is 12.1 Å². The second-order valence-corrected chi connectivity index (χ2v) is 10.3. The van der Waals surface area contributed by atoms with Crippen LogP contribution in [0.25, 0.3) is 0 Å². The van der Waals surface area contributed by atoms with Crippen LogP contribution in [0.4, 0.5) is 5.82 Å². The van der Waals surface area contributed by atoms with Crippen molar-refractivity contribution >= 4 is 28.1 Å². The van der Waals surface area contributed by atoms with Gasteiger partial charge in [-0.05, 0) is 50.9 Å². The highest BCUT2D eigenvalue weighted by Crippen LogP contribution is 2.44. The Kier molecular flexibility index (Phi) is 6.97. The van der Waals surface area contributed by atoms with E-state index in [1.807, 2.05) is 0 Å². The van der Waals surface area contributed by atoms with Crippen LogP contribution in [0.5, 0.6) is 0 Å². The molecule has 9 nitrogen and oxygen atoms in total. The number of nitrogens with zero attached hydrogens (tertiary/aromatic N) is 3. The molecule has 1 aromatic rings. The monoisotopic (exact) mass is 439 g/mol. The molecule has 0 saturated carbocycles. The molecule has 0 aromatic carbocycles. The lowest BCUT2D eigenvalue weighted by Crippen LogP contribution is -2.43. The van der Waals surface area contributed by atoms with Crippen LogP contribution in [-0.2, 0) is 24.2 Å². The molecule has 4 rings (SSSR count). The van der Waals surface area contributed by atoms with Crippen LogP contribution in [0.3, 0.4) is 0 Å². The molecule has 3 fully saturated rings. The number of pyridine rings is 1. The Hall–Kier alpha value is -2.20. The number of carbonyl (C=O) groups is 2. The van der Waals surface area contributed by atoms with Crippen LogP contribution in [0, 0.1) is 5.41 Å². The van der Waals surface area contributed by atoms with Crippen LogP contribution in [0.1, 0.15) is 32.1 Å². The Morgan fingerprint density at radius 1 is 1.23 bits per heavy atom. The van der Waals surface area contributed by atoms with E-state index in [9.17, 15) is 13.2 Å². The molecule has 4 heterocycles. The highest BCUT2D eigenvalue weighted by molar-refractivity contribution is 7.90. The Labute approximate surface area is 176 Å². The highest BCUT2D eigenvalue weighted by Gasteiger charge is 2.50. The first-order valence-electron chi connectivity index (χ1n) is 10.2. The first kappa shape index (κ1) is 22.5. The van der Waals surface area contributed by atoms with Crippen molar-refractivity contribution in [3.05, 3.63) is 18.3 Å². The lowest BCUT2D eigenvalue weighted by molar-refractivity contribution is -0.150. The lowest BCUT2D eigenvalue weighted by atomic mass is 9.76. The molecule has 3 aliphatic rings. The van der Waals surface area contributed by atoms with E-state index in [-0.39, 0.29) is 28.9 Å². The maximum Gasteiger partial charge on any atom is 0.312 e. The first-order chi connectivity index (χ1) is 14.3. The number of hydrogen-bond donors (Lipinski definition) is 1. The summed E-state index contributed by atoms with van der Waals surface area (Å²) in [6.45, 7) is 4.31. The van der Waals surface area contributed by atoms with Gasteiger partial charge in [0.25, 0.3) is 6.47 Å². The van der Waals surface area contributed by atoms with Gasteiger partial charge in [-0.1, -0.05) is 0 Å². The molecule has 166 valence electrons. The van der Waals surface area contributed by atoms with E-state index < -0.39 is 9.84 Å². The SMILES string of the molecule is CS(=O)(=O)c1ccc(N2CCC3(CC2)CC(CN2CCCC2)OC3=O)nc1.O=CO. The quantitative estimate of drug-likeness (QED) is 0.545. The smallest absolute Gasteiger partial charge is 0.312 e. The molecular weight excluding hydrogens is 410 g/mol. The number of carbonyl (C=O) groups excluding carboxylic acids is 1. The van der Waals surface area contributed by atoms with Gasteiger partial charge < -0.3 is 14.7 Å². The summed E-state index contributed by atoms with van der Waals surface area (Å²) >= 11 is 0. The fourth-order valence-electron chi connectivity index (χ4n) is 4.54.